The minimum atomic E-state index is -1.14. The summed E-state index contributed by atoms with van der Waals surface area (Å²) in [6, 6.07) is 9.02. The van der Waals surface area contributed by atoms with E-state index in [4.69, 9.17) is 9.84 Å². The second-order valence-electron chi connectivity index (χ2n) is 6.17. The van der Waals surface area contributed by atoms with Crippen LogP contribution in [-0.2, 0) is 19.1 Å². The number of nitrogens with one attached hydrogen (secondary N) is 1. The van der Waals surface area contributed by atoms with E-state index in [0.717, 1.165) is 0 Å². The van der Waals surface area contributed by atoms with Gasteiger partial charge in [0, 0.05) is 18.0 Å². The van der Waals surface area contributed by atoms with E-state index in [-0.39, 0.29) is 24.0 Å². The number of ether oxygens (including phenoxy) is 1. The van der Waals surface area contributed by atoms with Crippen molar-refractivity contribution in [1.29, 1.82) is 0 Å². The highest BCUT2D eigenvalue weighted by atomic mass is 16.6. The number of carbonyl (C=O) groups is 3. The summed E-state index contributed by atoms with van der Waals surface area (Å²) in [6.07, 6.45) is -1.42. The maximum atomic E-state index is 12.4. The molecule has 0 radical (unpaired) electrons. The lowest BCUT2D eigenvalue weighted by Crippen LogP contribution is -2.28. The Morgan fingerprint density at radius 1 is 1.17 bits per heavy atom. The number of carboxylic acids is 1. The van der Waals surface area contributed by atoms with E-state index in [2.05, 4.69) is 5.32 Å². The number of benzene rings is 1. The number of rotatable bonds is 8. The van der Waals surface area contributed by atoms with Gasteiger partial charge in [-0.2, -0.15) is 0 Å². The van der Waals surface area contributed by atoms with Gasteiger partial charge in [0.15, 0.2) is 18.0 Å². The first-order chi connectivity index (χ1) is 10.9. The molecule has 124 valence electrons. The largest absolute Gasteiger partial charge is 0.479 e. The molecule has 23 heavy (non-hydrogen) atoms. The molecule has 1 saturated heterocycles. The summed E-state index contributed by atoms with van der Waals surface area (Å²) in [6.45, 7) is 3.95. The van der Waals surface area contributed by atoms with E-state index in [1.54, 1.807) is 12.1 Å². The van der Waals surface area contributed by atoms with Gasteiger partial charge >= 0.3 is 5.97 Å². The number of para-hydroxylation sites is 1. The fourth-order valence-electron chi connectivity index (χ4n) is 2.52. The SMILES string of the molecule is CC(C)C[C@H](CC(=O)[C@H]1O[C@@H]1C(=O)O)C(=O)Nc1ccccc1. The molecule has 0 spiro atoms. The molecule has 1 amide bonds. The second kappa shape index (κ2) is 7.37. The van der Waals surface area contributed by atoms with E-state index in [9.17, 15) is 14.4 Å². The molecule has 3 atom stereocenters. The Hall–Kier alpha value is -2.21. The third kappa shape index (κ3) is 4.89. The Bertz CT molecular complexity index is 584. The number of carbonyl (C=O) groups excluding carboxylic acids is 2. The van der Waals surface area contributed by atoms with Crippen molar-refractivity contribution in [3.05, 3.63) is 30.3 Å². The molecule has 1 fully saturated rings. The number of epoxide rings is 1. The molecule has 0 aromatic heterocycles. The molecule has 1 aromatic rings. The van der Waals surface area contributed by atoms with Crippen molar-refractivity contribution < 1.29 is 24.2 Å². The fraction of sp³-hybridized carbons (Fsp3) is 0.471. The van der Waals surface area contributed by atoms with Crippen molar-refractivity contribution in [1.82, 2.24) is 0 Å². The lowest BCUT2D eigenvalue weighted by atomic mass is 9.90. The maximum Gasteiger partial charge on any atom is 0.336 e. The fourth-order valence-corrected chi connectivity index (χ4v) is 2.52. The lowest BCUT2D eigenvalue weighted by Gasteiger charge is -2.18. The zero-order chi connectivity index (χ0) is 17.0. The van der Waals surface area contributed by atoms with E-state index >= 15 is 0 Å². The van der Waals surface area contributed by atoms with Crippen LogP contribution in [0.5, 0.6) is 0 Å². The molecule has 1 aromatic carbocycles. The van der Waals surface area contributed by atoms with Gasteiger partial charge in [-0.25, -0.2) is 4.79 Å². The van der Waals surface area contributed by atoms with E-state index in [0.29, 0.717) is 12.1 Å². The van der Waals surface area contributed by atoms with Gasteiger partial charge in [0.05, 0.1) is 0 Å². The van der Waals surface area contributed by atoms with Crippen LogP contribution in [0.15, 0.2) is 30.3 Å². The van der Waals surface area contributed by atoms with Crippen molar-refractivity contribution in [3.63, 3.8) is 0 Å². The van der Waals surface area contributed by atoms with Crippen LogP contribution in [0, 0.1) is 11.8 Å². The van der Waals surface area contributed by atoms with Crippen LogP contribution in [0.3, 0.4) is 0 Å². The van der Waals surface area contributed by atoms with Crippen LogP contribution in [0.2, 0.25) is 0 Å². The summed E-state index contributed by atoms with van der Waals surface area (Å²) in [4.78, 5) is 35.3. The lowest BCUT2D eigenvalue weighted by molar-refractivity contribution is -0.138. The van der Waals surface area contributed by atoms with E-state index in [1.165, 1.54) is 0 Å². The number of Topliss-reactive ketones (excluding diaryl/α,β-unsaturated/α-hetero) is 1. The van der Waals surface area contributed by atoms with E-state index < -0.39 is 24.1 Å². The van der Waals surface area contributed by atoms with Gasteiger partial charge in [-0.05, 0) is 24.5 Å². The van der Waals surface area contributed by atoms with Crippen molar-refractivity contribution in [2.75, 3.05) is 5.32 Å². The Kier molecular flexibility index (Phi) is 5.50. The molecule has 0 saturated carbocycles. The van der Waals surface area contributed by atoms with Gasteiger partial charge in [0.2, 0.25) is 5.91 Å². The summed E-state index contributed by atoms with van der Waals surface area (Å²) < 4.78 is 4.86. The summed E-state index contributed by atoms with van der Waals surface area (Å²) >= 11 is 0. The summed E-state index contributed by atoms with van der Waals surface area (Å²) in [5.41, 5.74) is 0.671. The molecular formula is C17H21NO5. The number of ketones is 1. The molecule has 0 bridgehead atoms. The topological polar surface area (TPSA) is 96.0 Å². The predicted molar refractivity (Wildman–Crippen MR) is 83.9 cm³/mol. The van der Waals surface area contributed by atoms with Gasteiger partial charge in [0.1, 0.15) is 0 Å². The van der Waals surface area contributed by atoms with Crippen LogP contribution in [-0.4, -0.2) is 35.0 Å². The molecule has 2 N–H and O–H groups in total. The normalized spacial score (nSPS) is 20.8. The first kappa shape index (κ1) is 17.1. The second-order valence-corrected chi connectivity index (χ2v) is 6.17. The standard InChI is InChI=1S/C17H21NO5/c1-10(2)8-11(9-13(19)14-15(23-14)17(21)22)16(20)18-12-6-4-3-5-7-12/h3-7,10-11,14-15H,8-9H2,1-2H3,(H,18,20)(H,21,22)/t11-,14-,15+/m1/s1. The Balaban J connectivity index is 1.97. The number of carboxylic acid groups (broad SMARTS) is 1. The van der Waals surface area contributed by atoms with Gasteiger partial charge in [-0.1, -0.05) is 32.0 Å². The number of amides is 1. The molecule has 0 aliphatic carbocycles. The molecule has 1 aliphatic heterocycles. The first-order valence-corrected chi connectivity index (χ1v) is 7.65. The van der Waals surface area contributed by atoms with Gasteiger partial charge < -0.3 is 15.2 Å². The number of hydrogen-bond acceptors (Lipinski definition) is 4. The summed E-state index contributed by atoms with van der Waals surface area (Å²) in [7, 11) is 0. The van der Waals surface area contributed by atoms with Crippen molar-refractivity contribution in [3.8, 4) is 0 Å². The number of anilines is 1. The van der Waals surface area contributed by atoms with Crippen LogP contribution >= 0.6 is 0 Å². The number of hydrogen-bond donors (Lipinski definition) is 2. The van der Waals surface area contributed by atoms with Crippen molar-refractivity contribution in [2.45, 2.75) is 38.9 Å². The van der Waals surface area contributed by atoms with Gasteiger partial charge in [-0.3, -0.25) is 9.59 Å². The van der Waals surface area contributed by atoms with Crippen LogP contribution in [0.25, 0.3) is 0 Å². The van der Waals surface area contributed by atoms with Gasteiger partial charge in [0.25, 0.3) is 0 Å². The van der Waals surface area contributed by atoms with Gasteiger partial charge in [-0.15, -0.1) is 0 Å². The summed E-state index contributed by atoms with van der Waals surface area (Å²) in [5, 5.41) is 11.6. The predicted octanol–water partition coefficient (Wildman–Crippen LogP) is 2.10. The smallest absolute Gasteiger partial charge is 0.336 e. The number of aliphatic carboxylic acids is 1. The average molecular weight is 319 g/mol. The molecule has 6 nitrogen and oxygen atoms in total. The van der Waals surface area contributed by atoms with E-state index in [1.807, 2.05) is 32.0 Å². The van der Waals surface area contributed by atoms with Crippen LogP contribution < -0.4 is 5.32 Å². The highest BCUT2D eigenvalue weighted by Crippen LogP contribution is 2.28. The molecule has 0 unspecified atom stereocenters. The molecular weight excluding hydrogens is 298 g/mol. The summed E-state index contributed by atoms with van der Waals surface area (Å²) in [5.74, 6) is -1.96. The Morgan fingerprint density at radius 3 is 2.35 bits per heavy atom. The van der Waals surface area contributed by atoms with Crippen LogP contribution in [0.1, 0.15) is 26.7 Å². The minimum absolute atomic E-state index is 0.00864. The molecule has 1 heterocycles. The first-order valence-electron chi connectivity index (χ1n) is 7.65. The molecule has 2 rings (SSSR count). The zero-order valence-electron chi connectivity index (χ0n) is 13.2. The minimum Gasteiger partial charge on any atom is -0.479 e. The zero-order valence-corrected chi connectivity index (χ0v) is 13.2. The Morgan fingerprint density at radius 2 is 1.83 bits per heavy atom. The molecule has 1 aliphatic rings. The van der Waals surface area contributed by atoms with Crippen molar-refractivity contribution in [2.24, 2.45) is 11.8 Å². The monoisotopic (exact) mass is 319 g/mol. The quantitative estimate of drug-likeness (QED) is 0.715. The third-order valence-corrected chi connectivity index (χ3v) is 3.67. The Labute approximate surface area is 134 Å². The van der Waals surface area contributed by atoms with Crippen molar-refractivity contribution >= 4 is 23.3 Å². The molecule has 6 heteroatoms. The highest BCUT2D eigenvalue weighted by molar-refractivity contribution is 5.98. The van der Waals surface area contributed by atoms with Crippen LogP contribution in [0.4, 0.5) is 5.69 Å². The average Bonchev–Trinajstić information content (AvgIpc) is 3.27. The maximum absolute atomic E-state index is 12.4. The third-order valence-electron chi connectivity index (χ3n) is 3.67. The highest BCUT2D eigenvalue weighted by Gasteiger charge is 2.50.